The first kappa shape index (κ1) is 18.2. The third-order valence-corrected chi connectivity index (χ3v) is 4.13. The summed E-state index contributed by atoms with van der Waals surface area (Å²) in [4.78, 5) is 26.7. The molecule has 7 heteroatoms. The molecule has 1 heterocycles. The van der Waals surface area contributed by atoms with Crippen LogP contribution in [0, 0.1) is 16.0 Å². The van der Waals surface area contributed by atoms with E-state index in [-0.39, 0.29) is 17.6 Å². The number of aromatic nitrogens is 1. The van der Waals surface area contributed by atoms with Crippen LogP contribution >= 0.6 is 0 Å². The zero-order valence-electron chi connectivity index (χ0n) is 14.6. The maximum Gasteiger partial charge on any atom is 0.407 e. The highest BCUT2D eigenvalue weighted by atomic mass is 16.6. The number of alkyl carbamates (subject to hydrolysis) is 1. The minimum absolute atomic E-state index is 0.0251. The number of pyridine rings is 1. The van der Waals surface area contributed by atoms with Gasteiger partial charge in [-0.25, -0.2) is 4.79 Å². The van der Waals surface area contributed by atoms with Crippen LogP contribution in [0.5, 0.6) is 0 Å². The zero-order chi connectivity index (χ0) is 17.9. The fourth-order valence-corrected chi connectivity index (χ4v) is 3.34. The summed E-state index contributed by atoms with van der Waals surface area (Å²) in [6, 6.07) is 1.66. The molecule has 1 N–H and O–H groups in total. The molecule has 3 atom stereocenters. The molecule has 0 aromatic carbocycles. The number of carbonyl (C=O) groups excluding carboxylic acids is 1. The number of nitro groups is 1. The Bertz CT molecular complexity index is 612. The summed E-state index contributed by atoms with van der Waals surface area (Å²) in [5.41, 5.74) is 0.193. The van der Waals surface area contributed by atoms with E-state index in [4.69, 9.17) is 4.74 Å². The largest absolute Gasteiger partial charge is 0.444 e. The van der Waals surface area contributed by atoms with E-state index in [9.17, 15) is 14.9 Å². The second kappa shape index (κ2) is 7.15. The van der Waals surface area contributed by atoms with E-state index >= 15 is 0 Å². The summed E-state index contributed by atoms with van der Waals surface area (Å²) in [6.45, 7) is 7.56. The molecule has 1 saturated carbocycles. The van der Waals surface area contributed by atoms with Gasteiger partial charge in [-0.05, 0) is 57.9 Å². The molecule has 0 bridgehead atoms. The lowest BCUT2D eigenvalue weighted by Gasteiger charge is -2.34. The van der Waals surface area contributed by atoms with Gasteiger partial charge in [0.2, 0.25) is 0 Å². The molecule has 1 amide bonds. The van der Waals surface area contributed by atoms with Crippen LogP contribution in [0.2, 0.25) is 0 Å². The lowest BCUT2D eigenvalue weighted by Crippen LogP contribution is -2.42. The van der Waals surface area contributed by atoms with Crippen LogP contribution in [0.4, 0.5) is 10.5 Å². The van der Waals surface area contributed by atoms with Crippen LogP contribution < -0.4 is 5.32 Å². The minimum Gasteiger partial charge on any atom is -0.444 e. The summed E-state index contributed by atoms with van der Waals surface area (Å²) < 4.78 is 5.31. The predicted molar refractivity (Wildman–Crippen MR) is 89.8 cm³/mol. The van der Waals surface area contributed by atoms with Gasteiger partial charge in [-0.15, -0.1) is 0 Å². The molecule has 2 rings (SSSR count). The molecule has 0 radical (unpaired) electrons. The standard InChI is InChI=1S/C17H25N3O4/c1-11-7-12(14-5-6-18-10-15(14)20(22)23)9-13(8-11)19-16(21)24-17(2,3)4/h5-6,10-13H,7-9H2,1-4H3,(H,19,21)/t11-,12-,13+/m0/s1. The molecular formula is C17H25N3O4. The molecule has 0 saturated heterocycles. The number of amides is 1. The van der Waals surface area contributed by atoms with Gasteiger partial charge in [0.15, 0.2) is 0 Å². The Labute approximate surface area is 142 Å². The molecule has 1 aliphatic rings. The van der Waals surface area contributed by atoms with Crippen LogP contribution in [0.3, 0.4) is 0 Å². The third-order valence-electron chi connectivity index (χ3n) is 4.13. The van der Waals surface area contributed by atoms with Gasteiger partial charge in [0.25, 0.3) is 5.69 Å². The fourth-order valence-electron chi connectivity index (χ4n) is 3.34. The van der Waals surface area contributed by atoms with E-state index in [2.05, 4.69) is 17.2 Å². The SMILES string of the molecule is C[C@@H]1C[C@@H](NC(=O)OC(C)(C)C)C[C@@H](c2ccncc2[N+](=O)[O-])C1. The Kier molecular flexibility index (Phi) is 5.41. The first-order valence-corrected chi connectivity index (χ1v) is 8.23. The Hall–Kier alpha value is -2.18. The summed E-state index contributed by atoms with van der Waals surface area (Å²) in [5.74, 6) is 0.383. The van der Waals surface area contributed by atoms with E-state index in [0.717, 1.165) is 12.8 Å². The lowest BCUT2D eigenvalue weighted by molar-refractivity contribution is -0.386. The maximum absolute atomic E-state index is 12.0. The van der Waals surface area contributed by atoms with E-state index in [1.165, 1.54) is 6.20 Å². The first-order chi connectivity index (χ1) is 11.2. The van der Waals surface area contributed by atoms with E-state index in [1.807, 2.05) is 20.8 Å². The van der Waals surface area contributed by atoms with Gasteiger partial charge in [0.05, 0.1) is 4.92 Å². The van der Waals surface area contributed by atoms with Crippen molar-refractivity contribution in [2.45, 2.75) is 64.5 Å². The second-order valence-electron chi connectivity index (χ2n) is 7.54. The van der Waals surface area contributed by atoms with Crippen LogP contribution in [0.25, 0.3) is 0 Å². The highest BCUT2D eigenvalue weighted by Crippen LogP contribution is 2.39. The summed E-state index contributed by atoms with van der Waals surface area (Å²) >= 11 is 0. The molecular weight excluding hydrogens is 310 g/mol. The van der Waals surface area contributed by atoms with Crippen LogP contribution in [-0.2, 0) is 4.74 Å². The smallest absolute Gasteiger partial charge is 0.407 e. The summed E-state index contributed by atoms with van der Waals surface area (Å²) in [5, 5.41) is 14.1. The topological polar surface area (TPSA) is 94.4 Å². The van der Waals surface area contributed by atoms with Crippen LogP contribution in [-0.4, -0.2) is 27.6 Å². The van der Waals surface area contributed by atoms with Crippen molar-refractivity contribution in [2.75, 3.05) is 0 Å². The molecule has 1 aliphatic carbocycles. The first-order valence-electron chi connectivity index (χ1n) is 8.23. The van der Waals surface area contributed by atoms with Gasteiger partial charge in [0.1, 0.15) is 11.8 Å². The quantitative estimate of drug-likeness (QED) is 0.670. The Morgan fingerprint density at radius 2 is 2.08 bits per heavy atom. The highest BCUT2D eigenvalue weighted by Gasteiger charge is 2.32. The number of ether oxygens (including phenoxy) is 1. The zero-order valence-corrected chi connectivity index (χ0v) is 14.6. The molecule has 132 valence electrons. The number of nitrogens with one attached hydrogen (secondary N) is 1. The van der Waals surface area contributed by atoms with Gasteiger partial charge in [-0.1, -0.05) is 6.92 Å². The highest BCUT2D eigenvalue weighted by molar-refractivity contribution is 5.68. The Morgan fingerprint density at radius 1 is 1.38 bits per heavy atom. The van der Waals surface area contributed by atoms with Crippen LogP contribution in [0.1, 0.15) is 58.4 Å². The molecule has 1 aromatic heterocycles. The number of rotatable bonds is 3. The van der Waals surface area contributed by atoms with Crippen molar-refractivity contribution in [1.82, 2.24) is 10.3 Å². The van der Waals surface area contributed by atoms with Gasteiger partial charge < -0.3 is 10.1 Å². The van der Waals surface area contributed by atoms with Crippen molar-refractivity contribution in [1.29, 1.82) is 0 Å². The average Bonchev–Trinajstić information content (AvgIpc) is 2.44. The van der Waals surface area contributed by atoms with Crippen LogP contribution in [0.15, 0.2) is 18.5 Å². The predicted octanol–water partition coefficient (Wildman–Crippen LogP) is 3.79. The monoisotopic (exact) mass is 335 g/mol. The normalized spacial score (nSPS) is 24.2. The summed E-state index contributed by atoms with van der Waals surface area (Å²) in [6.07, 6.45) is 4.80. The fraction of sp³-hybridized carbons (Fsp3) is 0.647. The van der Waals surface area contributed by atoms with Crippen molar-refractivity contribution >= 4 is 11.8 Å². The second-order valence-corrected chi connectivity index (χ2v) is 7.54. The molecule has 7 nitrogen and oxygen atoms in total. The van der Waals surface area contributed by atoms with Gasteiger partial charge >= 0.3 is 6.09 Å². The molecule has 24 heavy (non-hydrogen) atoms. The number of nitrogens with zero attached hydrogens (tertiary/aromatic N) is 2. The molecule has 0 aliphatic heterocycles. The van der Waals surface area contributed by atoms with Crippen molar-refractivity contribution in [3.8, 4) is 0 Å². The molecule has 1 aromatic rings. The van der Waals surface area contributed by atoms with Gasteiger partial charge in [0, 0.05) is 17.8 Å². The summed E-state index contributed by atoms with van der Waals surface area (Å²) in [7, 11) is 0. The third kappa shape index (κ3) is 4.91. The van der Waals surface area contributed by atoms with E-state index < -0.39 is 16.6 Å². The number of carbonyl (C=O) groups is 1. The van der Waals surface area contributed by atoms with Crippen molar-refractivity contribution in [3.05, 3.63) is 34.1 Å². The van der Waals surface area contributed by atoms with Crippen molar-refractivity contribution in [2.24, 2.45) is 5.92 Å². The van der Waals surface area contributed by atoms with Gasteiger partial charge in [-0.3, -0.25) is 15.1 Å². The van der Waals surface area contributed by atoms with E-state index in [1.54, 1.807) is 12.3 Å². The number of hydrogen-bond acceptors (Lipinski definition) is 5. The molecule has 0 unspecified atom stereocenters. The average molecular weight is 335 g/mol. The maximum atomic E-state index is 12.0. The van der Waals surface area contributed by atoms with E-state index in [0.29, 0.717) is 17.9 Å². The minimum atomic E-state index is -0.548. The molecule has 0 spiro atoms. The number of hydrogen-bond donors (Lipinski definition) is 1. The lowest BCUT2D eigenvalue weighted by atomic mass is 9.76. The van der Waals surface area contributed by atoms with Crippen molar-refractivity contribution < 1.29 is 14.5 Å². The molecule has 1 fully saturated rings. The Morgan fingerprint density at radius 3 is 2.71 bits per heavy atom. The Balaban J connectivity index is 2.11. The van der Waals surface area contributed by atoms with Gasteiger partial charge in [-0.2, -0.15) is 0 Å². The van der Waals surface area contributed by atoms with Crippen molar-refractivity contribution in [3.63, 3.8) is 0 Å².